The van der Waals surface area contributed by atoms with Crippen molar-refractivity contribution in [2.75, 3.05) is 6.61 Å². The summed E-state index contributed by atoms with van der Waals surface area (Å²) in [7, 11) is 0. The molecule has 0 heterocycles. The van der Waals surface area contributed by atoms with E-state index in [1.54, 1.807) is 6.92 Å². The third kappa shape index (κ3) is 3.02. The van der Waals surface area contributed by atoms with Crippen molar-refractivity contribution < 1.29 is 15.0 Å². The molecule has 4 heteroatoms. The molecule has 0 aliphatic carbocycles. The molecule has 0 aromatic rings. The minimum atomic E-state index is -1.36. The van der Waals surface area contributed by atoms with Gasteiger partial charge in [0.15, 0.2) is 0 Å². The van der Waals surface area contributed by atoms with Crippen molar-refractivity contribution in [1.82, 2.24) is 0 Å². The number of hydrogen-bond donors (Lipinski definition) is 3. The van der Waals surface area contributed by atoms with Gasteiger partial charge in [0.25, 0.3) is 0 Å². The van der Waals surface area contributed by atoms with E-state index in [1.165, 1.54) is 0 Å². The summed E-state index contributed by atoms with van der Waals surface area (Å²) >= 11 is 0. The van der Waals surface area contributed by atoms with Crippen molar-refractivity contribution in [3.63, 3.8) is 0 Å². The highest BCUT2D eigenvalue weighted by Crippen LogP contribution is 2.16. The van der Waals surface area contributed by atoms with Crippen LogP contribution in [-0.4, -0.2) is 28.3 Å². The molecule has 0 spiro atoms. The third-order valence-electron chi connectivity index (χ3n) is 1.60. The van der Waals surface area contributed by atoms with Gasteiger partial charge in [0.2, 0.25) is 0 Å². The van der Waals surface area contributed by atoms with Gasteiger partial charge in [-0.2, -0.15) is 0 Å². The van der Waals surface area contributed by atoms with Gasteiger partial charge in [0.1, 0.15) is 5.54 Å². The van der Waals surface area contributed by atoms with Crippen LogP contribution in [0.3, 0.4) is 0 Å². The second-order valence-corrected chi connectivity index (χ2v) is 3.07. The zero-order valence-electron chi connectivity index (χ0n) is 7.21. The normalized spacial score (nSPS) is 15.2. The van der Waals surface area contributed by atoms with Crippen LogP contribution in [0.4, 0.5) is 0 Å². The molecule has 0 radical (unpaired) electrons. The molecule has 0 aromatic heterocycles. The fourth-order valence-corrected chi connectivity index (χ4v) is 1.01. The Morgan fingerprint density at radius 1 is 1.67 bits per heavy atom. The first-order valence-corrected chi connectivity index (χ1v) is 3.70. The van der Waals surface area contributed by atoms with Crippen molar-refractivity contribution >= 4 is 5.97 Å². The summed E-state index contributed by atoms with van der Waals surface area (Å²) in [5, 5.41) is 17.3. The zero-order valence-corrected chi connectivity index (χ0v) is 7.21. The van der Waals surface area contributed by atoms with Gasteiger partial charge in [-0.1, -0.05) is 5.57 Å². The maximum atomic E-state index is 10.7. The Balaban J connectivity index is 4.38. The fourth-order valence-electron chi connectivity index (χ4n) is 1.01. The Morgan fingerprint density at radius 3 is 2.42 bits per heavy atom. The van der Waals surface area contributed by atoms with Crippen LogP contribution in [0.1, 0.15) is 19.8 Å². The summed E-state index contributed by atoms with van der Waals surface area (Å²) < 4.78 is 0. The van der Waals surface area contributed by atoms with Crippen molar-refractivity contribution in [3.05, 3.63) is 12.2 Å². The van der Waals surface area contributed by atoms with Gasteiger partial charge in [-0.3, -0.25) is 4.79 Å². The van der Waals surface area contributed by atoms with Gasteiger partial charge in [-0.25, -0.2) is 0 Å². The monoisotopic (exact) mass is 173 g/mol. The first-order chi connectivity index (χ1) is 5.42. The van der Waals surface area contributed by atoms with Crippen LogP contribution in [-0.2, 0) is 4.79 Å². The second kappa shape index (κ2) is 4.23. The number of carbonyl (C=O) groups is 1. The van der Waals surface area contributed by atoms with E-state index in [9.17, 15) is 4.79 Å². The standard InChI is InChI=1S/C8H15NO3/c1-6(2)5-8(9,3-4-10)7(11)12/h10H,1,3-5,9H2,2H3,(H,11,12). The van der Waals surface area contributed by atoms with E-state index >= 15 is 0 Å². The Labute approximate surface area is 71.7 Å². The first-order valence-electron chi connectivity index (χ1n) is 3.70. The summed E-state index contributed by atoms with van der Waals surface area (Å²) in [6, 6.07) is 0. The number of aliphatic hydroxyl groups is 1. The number of aliphatic carboxylic acids is 1. The maximum absolute atomic E-state index is 10.7. The van der Waals surface area contributed by atoms with Gasteiger partial charge in [-0.05, 0) is 19.8 Å². The Bertz CT molecular complexity index is 191. The molecule has 1 unspecified atom stereocenters. The smallest absolute Gasteiger partial charge is 0.324 e. The Hall–Kier alpha value is -0.870. The topological polar surface area (TPSA) is 83.5 Å². The molecule has 4 N–H and O–H groups in total. The quantitative estimate of drug-likeness (QED) is 0.515. The minimum absolute atomic E-state index is 0.0508. The number of carboxylic acid groups (broad SMARTS) is 1. The zero-order chi connectivity index (χ0) is 9.78. The second-order valence-electron chi connectivity index (χ2n) is 3.07. The van der Waals surface area contributed by atoms with Crippen LogP contribution in [0.5, 0.6) is 0 Å². The van der Waals surface area contributed by atoms with Crippen molar-refractivity contribution in [3.8, 4) is 0 Å². The summed E-state index contributed by atoms with van der Waals surface area (Å²) in [5.41, 5.74) is 4.87. The van der Waals surface area contributed by atoms with E-state index in [-0.39, 0.29) is 19.4 Å². The molecule has 70 valence electrons. The number of aliphatic hydroxyl groups excluding tert-OH is 1. The number of hydrogen-bond acceptors (Lipinski definition) is 3. The van der Waals surface area contributed by atoms with Gasteiger partial charge >= 0.3 is 5.97 Å². The molecule has 0 saturated heterocycles. The average molecular weight is 173 g/mol. The lowest BCUT2D eigenvalue weighted by molar-refractivity contribution is -0.144. The molecule has 0 aliphatic heterocycles. The van der Waals surface area contributed by atoms with Crippen LogP contribution in [0.25, 0.3) is 0 Å². The van der Waals surface area contributed by atoms with E-state index < -0.39 is 11.5 Å². The van der Waals surface area contributed by atoms with E-state index in [0.717, 1.165) is 0 Å². The lowest BCUT2D eigenvalue weighted by Crippen LogP contribution is -2.48. The summed E-state index contributed by atoms with van der Waals surface area (Å²) in [5.74, 6) is -1.10. The highest BCUT2D eigenvalue weighted by atomic mass is 16.4. The minimum Gasteiger partial charge on any atom is -0.480 e. The van der Waals surface area contributed by atoms with Gasteiger partial charge < -0.3 is 15.9 Å². The van der Waals surface area contributed by atoms with Crippen LogP contribution >= 0.6 is 0 Å². The van der Waals surface area contributed by atoms with Crippen LogP contribution in [0.2, 0.25) is 0 Å². The molecule has 0 fully saturated rings. The SMILES string of the molecule is C=C(C)CC(N)(CCO)C(=O)O. The lowest BCUT2D eigenvalue weighted by Gasteiger charge is -2.23. The summed E-state index contributed by atoms with van der Waals surface area (Å²) in [6.07, 6.45) is 0.248. The molecule has 0 aromatic carbocycles. The molecule has 4 nitrogen and oxygen atoms in total. The van der Waals surface area contributed by atoms with E-state index in [0.29, 0.717) is 5.57 Å². The molecular weight excluding hydrogens is 158 g/mol. The van der Waals surface area contributed by atoms with E-state index in [4.69, 9.17) is 15.9 Å². The maximum Gasteiger partial charge on any atom is 0.324 e. The van der Waals surface area contributed by atoms with Crippen molar-refractivity contribution in [2.45, 2.75) is 25.3 Å². The Kier molecular flexibility index (Phi) is 3.92. The van der Waals surface area contributed by atoms with Gasteiger partial charge in [0.05, 0.1) is 0 Å². The lowest BCUT2D eigenvalue weighted by atomic mass is 9.90. The largest absolute Gasteiger partial charge is 0.480 e. The Morgan fingerprint density at radius 2 is 2.17 bits per heavy atom. The van der Waals surface area contributed by atoms with Crippen molar-refractivity contribution in [1.29, 1.82) is 0 Å². The number of carboxylic acids is 1. The predicted octanol–water partition coefficient (Wildman–Crippen LogP) is 0.117. The molecule has 0 aliphatic rings. The molecule has 1 atom stereocenters. The molecule has 0 rings (SSSR count). The van der Waals surface area contributed by atoms with Crippen molar-refractivity contribution in [2.24, 2.45) is 5.73 Å². The first kappa shape index (κ1) is 11.1. The number of rotatable bonds is 5. The summed E-state index contributed by atoms with van der Waals surface area (Å²) in [6.45, 7) is 5.06. The van der Waals surface area contributed by atoms with E-state index in [1.807, 2.05) is 0 Å². The molecule has 12 heavy (non-hydrogen) atoms. The van der Waals surface area contributed by atoms with Crippen LogP contribution in [0.15, 0.2) is 12.2 Å². The van der Waals surface area contributed by atoms with E-state index in [2.05, 4.69) is 6.58 Å². The molecular formula is C8H15NO3. The predicted molar refractivity (Wildman–Crippen MR) is 45.7 cm³/mol. The third-order valence-corrected chi connectivity index (χ3v) is 1.60. The highest BCUT2D eigenvalue weighted by molar-refractivity contribution is 5.78. The van der Waals surface area contributed by atoms with Crippen LogP contribution < -0.4 is 5.73 Å². The van der Waals surface area contributed by atoms with Gasteiger partial charge in [0, 0.05) is 6.61 Å². The number of nitrogens with two attached hydrogens (primary N) is 1. The summed E-state index contributed by atoms with van der Waals surface area (Å²) in [4.78, 5) is 10.7. The molecule has 0 bridgehead atoms. The molecule has 0 amide bonds. The highest BCUT2D eigenvalue weighted by Gasteiger charge is 2.32. The average Bonchev–Trinajstić information content (AvgIpc) is 1.85. The van der Waals surface area contributed by atoms with Crippen LogP contribution in [0, 0.1) is 0 Å². The fraction of sp³-hybridized carbons (Fsp3) is 0.625. The molecule has 0 saturated carbocycles. The van der Waals surface area contributed by atoms with Gasteiger partial charge in [-0.15, -0.1) is 6.58 Å².